The fraction of sp³-hybridized carbons (Fsp3) is 0.175. The van der Waals surface area contributed by atoms with Crippen molar-refractivity contribution < 1.29 is 23.7 Å². The number of amides is 1. The molecule has 0 saturated heterocycles. The van der Waals surface area contributed by atoms with Gasteiger partial charge in [-0.3, -0.25) is 14.8 Å². The largest absolute Gasteiger partial charge is 0.495 e. The van der Waals surface area contributed by atoms with Crippen molar-refractivity contribution in [1.29, 1.82) is 10.5 Å². The van der Waals surface area contributed by atoms with Crippen LogP contribution in [0.25, 0.3) is 21.8 Å². The number of aromatic nitrogens is 2. The van der Waals surface area contributed by atoms with E-state index in [0.717, 1.165) is 0 Å². The monoisotopic (exact) mass is 846 g/mol. The van der Waals surface area contributed by atoms with Crippen LogP contribution in [0.1, 0.15) is 31.9 Å². The van der Waals surface area contributed by atoms with Gasteiger partial charge in [-0.2, -0.15) is 10.5 Å². The van der Waals surface area contributed by atoms with E-state index >= 15 is 0 Å². The first-order valence-corrected chi connectivity index (χ1v) is 18.5. The molecule has 0 aliphatic heterocycles. The molecular weight excluding hydrogens is 814 g/mol. The van der Waals surface area contributed by atoms with Gasteiger partial charge in [0.2, 0.25) is 5.91 Å². The molecule has 17 heteroatoms. The van der Waals surface area contributed by atoms with E-state index in [1.807, 2.05) is 13.8 Å². The Hall–Kier alpha value is -6.09. The average Bonchev–Trinajstić information content (AvgIpc) is 3.18. The zero-order chi connectivity index (χ0) is 41.4. The summed E-state index contributed by atoms with van der Waals surface area (Å²) in [6.45, 7) is 5.97. The van der Waals surface area contributed by atoms with Crippen LogP contribution in [0.15, 0.2) is 60.9 Å². The Morgan fingerprint density at radius 1 is 0.667 bits per heavy atom. The molecule has 13 nitrogen and oxygen atoms in total. The van der Waals surface area contributed by atoms with Crippen molar-refractivity contribution in [2.45, 2.75) is 20.8 Å². The molecular formula is C40H34Cl4N8O5. The van der Waals surface area contributed by atoms with Crippen molar-refractivity contribution in [3.05, 3.63) is 92.1 Å². The number of pyridine rings is 2. The van der Waals surface area contributed by atoms with Crippen LogP contribution in [0.4, 0.5) is 34.1 Å². The SMILES string of the molecule is CCOc1cc2c(Nc3cc(OC)c(Cl)cc3Cl)c(C#N)cnc2cc1N.CCOc1cc2c(Nc3cc(OC)c(Cl)cc3Cl)c(C#N)cnc2cc1NC(C)=O. The van der Waals surface area contributed by atoms with Crippen molar-refractivity contribution in [2.24, 2.45) is 0 Å². The summed E-state index contributed by atoms with van der Waals surface area (Å²) in [7, 11) is 3.01. The molecule has 292 valence electrons. The summed E-state index contributed by atoms with van der Waals surface area (Å²) in [5.41, 5.74) is 10.9. The average molecular weight is 849 g/mol. The van der Waals surface area contributed by atoms with E-state index < -0.39 is 0 Å². The Kier molecular flexibility index (Phi) is 13.8. The molecule has 2 heterocycles. The van der Waals surface area contributed by atoms with Crippen LogP contribution in [-0.2, 0) is 4.79 Å². The highest BCUT2D eigenvalue weighted by molar-refractivity contribution is 6.38. The second-order valence-electron chi connectivity index (χ2n) is 11.8. The van der Waals surface area contributed by atoms with Crippen LogP contribution in [-0.4, -0.2) is 43.3 Å². The molecule has 57 heavy (non-hydrogen) atoms. The minimum absolute atomic E-state index is 0.234. The zero-order valence-corrected chi connectivity index (χ0v) is 34.1. The van der Waals surface area contributed by atoms with E-state index in [1.54, 1.807) is 48.5 Å². The summed E-state index contributed by atoms with van der Waals surface area (Å²) in [4.78, 5) is 20.2. The third-order valence-electron chi connectivity index (χ3n) is 8.12. The van der Waals surface area contributed by atoms with Crippen LogP contribution in [0, 0.1) is 22.7 Å². The molecule has 0 aliphatic carbocycles. The molecule has 0 saturated carbocycles. The molecule has 0 atom stereocenters. The highest BCUT2D eigenvalue weighted by atomic mass is 35.5. The number of anilines is 6. The molecule has 5 N–H and O–H groups in total. The van der Waals surface area contributed by atoms with Crippen LogP contribution < -0.4 is 40.6 Å². The normalized spacial score (nSPS) is 10.4. The lowest BCUT2D eigenvalue weighted by Crippen LogP contribution is -2.08. The first kappa shape index (κ1) is 42.1. The van der Waals surface area contributed by atoms with E-state index in [4.69, 9.17) is 71.1 Å². The van der Waals surface area contributed by atoms with Crippen molar-refractivity contribution in [1.82, 2.24) is 9.97 Å². The predicted molar refractivity (Wildman–Crippen MR) is 227 cm³/mol. The zero-order valence-electron chi connectivity index (χ0n) is 31.1. The second kappa shape index (κ2) is 18.7. The summed E-state index contributed by atoms with van der Waals surface area (Å²) in [5.74, 6) is 1.63. The lowest BCUT2D eigenvalue weighted by Gasteiger charge is -2.17. The molecule has 0 fully saturated rings. The van der Waals surface area contributed by atoms with E-state index in [1.165, 1.54) is 33.5 Å². The van der Waals surface area contributed by atoms with Crippen molar-refractivity contribution in [2.75, 3.05) is 49.1 Å². The number of carbonyl (C=O) groups excluding carboxylic acids is 1. The topological polar surface area (TPSA) is 189 Å². The number of nitriles is 2. The number of fused-ring (bicyclic) bond motifs is 2. The molecule has 0 radical (unpaired) electrons. The minimum atomic E-state index is -0.234. The summed E-state index contributed by atoms with van der Waals surface area (Å²) >= 11 is 24.9. The Bertz CT molecular complexity index is 2590. The second-order valence-corrected chi connectivity index (χ2v) is 13.4. The van der Waals surface area contributed by atoms with Gasteiger partial charge in [0.25, 0.3) is 0 Å². The molecule has 0 bridgehead atoms. The van der Waals surface area contributed by atoms with Gasteiger partial charge in [0.05, 0.1) is 104 Å². The van der Waals surface area contributed by atoms with E-state index in [0.29, 0.717) is 123 Å². The summed E-state index contributed by atoms with van der Waals surface area (Å²) in [6.07, 6.45) is 2.93. The quantitative estimate of drug-likeness (QED) is 0.0904. The lowest BCUT2D eigenvalue weighted by atomic mass is 10.1. The molecule has 2 aromatic heterocycles. The van der Waals surface area contributed by atoms with Gasteiger partial charge in [0.1, 0.15) is 35.1 Å². The predicted octanol–water partition coefficient (Wildman–Crippen LogP) is 10.7. The van der Waals surface area contributed by atoms with E-state index in [-0.39, 0.29) is 5.91 Å². The molecule has 0 aliphatic rings. The molecule has 6 rings (SSSR count). The Labute approximate surface area is 348 Å². The van der Waals surface area contributed by atoms with Crippen LogP contribution in [0.3, 0.4) is 0 Å². The fourth-order valence-corrected chi connectivity index (χ4v) is 6.58. The molecule has 1 amide bonds. The lowest BCUT2D eigenvalue weighted by molar-refractivity contribution is -0.114. The number of ether oxygens (including phenoxy) is 4. The molecule has 0 spiro atoms. The summed E-state index contributed by atoms with van der Waals surface area (Å²) in [5, 5.41) is 31.1. The maximum absolute atomic E-state index is 11.6. The fourth-order valence-electron chi connectivity index (χ4n) is 5.57. The van der Waals surface area contributed by atoms with Gasteiger partial charge in [-0.05, 0) is 50.2 Å². The van der Waals surface area contributed by atoms with Gasteiger partial charge < -0.3 is 40.6 Å². The first-order chi connectivity index (χ1) is 27.3. The standard InChI is InChI=1S/C21H18Cl2N4O3.C19H16Cl2N4O2/c1-4-30-20-5-13-16(7-18(20)26-11(2)28)25-10-12(9-24)21(13)27-17-8-19(29-3)15(23)6-14(17)22;1-3-27-18-4-11-15(6-14(18)23)24-9-10(8-22)19(11)25-16-7-17(26-2)13(21)5-12(16)20/h5-8,10H,4H2,1-3H3,(H,25,27)(H,26,28);4-7,9H,3,23H2,1-2H3,(H,24,25). The van der Waals surface area contributed by atoms with Gasteiger partial charge in [-0.25, -0.2) is 0 Å². The first-order valence-electron chi connectivity index (χ1n) is 17.0. The number of methoxy groups -OCH3 is 2. The molecule has 0 unspecified atom stereocenters. The van der Waals surface area contributed by atoms with E-state index in [9.17, 15) is 15.3 Å². The van der Waals surface area contributed by atoms with Gasteiger partial charge in [0.15, 0.2) is 0 Å². The third-order valence-corrected chi connectivity index (χ3v) is 9.34. The maximum atomic E-state index is 11.6. The molecule has 6 aromatic rings. The van der Waals surface area contributed by atoms with Gasteiger partial charge in [-0.15, -0.1) is 0 Å². The number of hydrogen-bond donors (Lipinski definition) is 4. The number of halogens is 4. The highest BCUT2D eigenvalue weighted by Gasteiger charge is 2.18. The number of nitrogens with two attached hydrogens (primary N) is 1. The van der Waals surface area contributed by atoms with Gasteiger partial charge >= 0.3 is 0 Å². The number of hydrogen-bond acceptors (Lipinski definition) is 12. The Morgan fingerprint density at radius 3 is 1.56 bits per heavy atom. The van der Waals surface area contributed by atoms with Gasteiger partial charge in [0, 0.05) is 42.2 Å². The number of nitrogens with one attached hydrogen (secondary N) is 3. The van der Waals surface area contributed by atoms with Gasteiger partial charge in [-0.1, -0.05) is 46.4 Å². The smallest absolute Gasteiger partial charge is 0.221 e. The third kappa shape index (κ3) is 9.48. The summed E-state index contributed by atoms with van der Waals surface area (Å²) < 4.78 is 21.8. The maximum Gasteiger partial charge on any atom is 0.221 e. The number of nitrogens with zero attached hydrogens (tertiary/aromatic N) is 4. The number of rotatable bonds is 11. The van der Waals surface area contributed by atoms with Crippen LogP contribution in [0.5, 0.6) is 23.0 Å². The Morgan fingerprint density at radius 2 is 1.12 bits per heavy atom. The van der Waals surface area contributed by atoms with Crippen molar-refractivity contribution in [3.8, 4) is 35.1 Å². The number of benzene rings is 4. The summed E-state index contributed by atoms with van der Waals surface area (Å²) in [6, 6.07) is 17.6. The van der Waals surface area contributed by atoms with Crippen molar-refractivity contribution in [3.63, 3.8) is 0 Å². The Balaban J connectivity index is 0.000000219. The van der Waals surface area contributed by atoms with Crippen molar-refractivity contribution >= 4 is 108 Å². The molecule has 4 aromatic carbocycles. The van der Waals surface area contributed by atoms with E-state index in [2.05, 4.69) is 38.1 Å². The minimum Gasteiger partial charge on any atom is -0.495 e. The number of carbonyl (C=O) groups is 1. The van der Waals surface area contributed by atoms with Crippen LogP contribution in [0.2, 0.25) is 20.1 Å². The highest BCUT2D eigenvalue weighted by Crippen LogP contribution is 2.41. The van der Waals surface area contributed by atoms with Crippen LogP contribution >= 0.6 is 46.4 Å². The number of nitrogen functional groups attached to an aromatic ring is 1.